The van der Waals surface area contributed by atoms with Crippen molar-refractivity contribution in [3.8, 4) is 0 Å². The van der Waals surface area contributed by atoms with E-state index in [4.69, 9.17) is 4.84 Å². The fourth-order valence-electron chi connectivity index (χ4n) is 4.30. The highest BCUT2D eigenvalue weighted by molar-refractivity contribution is 8.00. The predicted molar refractivity (Wildman–Crippen MR) is 119 cm³/mol. The van der Waals surface area contributed by atoms with Crippen LogP contribution in [0.4, 0.5) is 0 Å². The Morgan fingerprint density at radius 2 is 1.58 bits per heavy atom. The van der Waals surface area contributed by atoms with E-state index < -0.39 is 34.4 Å². The molecule has 1 aliphatic carbocycles. The van der Waals surface area contributed by atoms with Crippen molar-refractivity contribution in [3.63, 3.8) is 0 Å². The number of hydroxylamine groups is 2. The van der Waals surface area contributed by atoms with Gasteiger partial charge in [-0.05, 0) is 31.6 Å². The van der Waals surface area contributed by atoms with E-state index in [1.165, 1.54) is 16.7 Å². The standard InChI is InChI=1S/C23H32N2O7S/c1-23(2,3)17(26)10-11-33-16-12-20(29)24(21(16)30)13-14-4-6-15(7-5-14)22(31)32-25-18(27)8-9-19(25)28/h14-16H,4-13H2,1-3H3. The lowest BCUT2D eigenvalue weighted by Crippen LogP contribution is -2.39. The number of hydrogen-bond acceptors (Lipinski definition) is 8. The minimum Gasteiger partial charge on any atom is -0.330 e. The molecule has 0 aromatic heterocycles. The monoisotopic (exact) mass is 480 g/mol. The highest BCUT2D eigenvalue weighted by Crippen LogP contribution is 2.33. The quantitative estimate of drug-likeness (QED) is 0.486. The van der Waals surface area contributed by atoms with Crippen LogP contribution in [-0.2, 0) is 33.6 Å². The van der Waals surface area contributed by atoms with Crippen LogP contribution in [0.1, 0.15) is 72.1 Å². The number of amides is 4. The van der Waals surface area contributed by atoms with Crippen molar-refractivity contribution in [1.82, 2.24) is 9.96 Å². The molecule has 33 heavy (non-hydrogen) atoms. The molecule has 2 aliphatic heterocycles. The fourth-order valence-corrected chi connectivity index (χ4v) is 5.42. The second-order valence-corrected chi connectivity index (χ2v) is 11.3. The molecule has 182 valence electrons. The van der Waals surface area contributed by atoms with Gasteiger partial charge in [0.15, 0.2) is 0 Å². The molecule has 0 aromatic carbocycles. The zero-order valence-corrected chi connectivity index (χ0v) is 20.3. The normalized spacial score (nSPS) is 26.3. The number of ketones is 1. The van der Waals surface area contributed by atoms with Crippen molar-refractivity contribution in [2.45, 2.75) is 77.4 Å². The summed E-state index contributed by atoms with van der Waals surface area (Å²) in [6.07, 6.45) is 2.98. The molecule has 0 bridgehead atoms. The van der Waals surface area contributed by atoms with Gasteiger partial charge in [-0.25, -0.2) is 4.79 Å². The van der Waals surface area contributed by atoms with Gasteiger partial charge in [-0.15, -0.1) is 16.8 Å². The van der Waals surface area contributed by atoms with Gasteiger partial charge in [0.2, 0.25) is 11.8 Å². The number of Topliss-reactive ketones (excluding diaryl/α,β-unsaturated/α-hetero) is 1. The van der Waals surface area contributed by atoms with Crippen LogP contribution in [0.25, 0.3) is 0 Å². The molecule has 0 spiro atoms. The molecule has 0 N–H and O–H groups in total. The van der Waals surface area contributed by atoms with Crippen LogP contribution in [-0.4, -0.2) is 62.9 Å². The maximum atomic E-state index is 12.7. The molecule has 3 fully saturated rings. The average Bonchev–Trinajstić information content (AvgIpc) is 3.21. The van der Waals surface area contributed by atoms with E-state index in [1.54, 1.807) is 0 Å². The molecule has 1 atom stereocenters. The Bertz CT molecular complexity index is 826. The molecule has 2 heterocycles. The number of imide groups is 2. The minimum atomic E-state index is -0.577. The topological polar surface area (TPSA) is 118 Å². The number of thioether (sulfide) groups is 1. The molecule has 3 aliphatic rings. The molecule has 0 aromatic rings. The molecule has 4 amide bonds. The first kappa shape index (κ1) is 25.4. The van der Waals surface area contributed by atoms with E-state index in [0.29, 0.717) is 49.5 Å². The Hall–Kier alpha value is -2.23. The third-order valence-electron chi connectivity index (χ3n) is 6.50. The van der Waals surface area contributed by atoms with E-state index in [9.17, 15) is 28.8 Å². The average molecular weight is 481 g/mol. The van der Waals surface area contributed by atoms with Crippen molar-refractivity contribution in [2.75, 3.05) is 12.3 Å². The van der Waals surface area contributed by atoms with Gasteiger partial charge in [0.05, 0.1) is 11.2 Å². The summed E-state index contributed by atoms with van der Waals surface area (Å²) in [5.74, 6) is -1.61. The largest absolute Gasteiger partial charge is 0.336 e. The van der Waals surface area contributed by atoms with Gasteiger partial charge < -0.3 is 4.84 Å². The summed E-state index contributed by atoms with van der Waals surface area (Å²) in [6.45, 7) is 5.93. The van der Waals surface area contributed by atoms with Gasteiger partial charge in [0, 0.05) is 43.4 Å². The highest BCUT2D eigenvalue weighted by Gasteiger charge is 2.41. The van der Waals surface area contributed by atoms with Crippen molar-refractivity contribution in [3.05, 3.63) is 0 Å². The lowest BCUT2D eigenvalue weighted by Gasteiger charge is -2.30. The zero-order chi connectivity index (χ0) is 24.3. The Kier molecular flexibility index (Phi) is 7.97. The molecule has 2 saturated heterocycles. The lowest BCUT2D eigenvalue weighted by atomic mass is 9.82. The van der Waals surface area contributed by atoms with Crippen molar-refractivity contribution in [1.29, 1.82) is 0 Å². The Balaban J connectivity index is 1.42. The molecular weight excluding hydrogens is 448 g/mol. The summed E-state index contributed by atoms with van der Waals surface area (Å²) in [5, 5.41) is 0.134. The number of carbonyl (C=O) groups is 6. The van der Waals surface area contributed by atoms with Gasteiger partial charge in [0.25, 0.3) is 11.8 Å². The highest BCUT2D eigenvalue weighted by atomic mass is 32.2. The number of hydrogen-bond donors (Lipinski definition) is 0. The Labute approximate surface area is 197 Å². The second-order valence-electron chi connectivity index (χ2n) is 10.0. The van der Waals surface area contributed by atoms with Crippen LogP contribution < -0.4 is 0 Å². The molecular formula is C23H32N2O7S. The SMILES string of the molecule is CC(C)(C)C(=O)CCSC1CC(=O)N(CC2CCC(C(=O)ON3C(=O)CCC3=O)CC2)C1=O. The first-order valence-electron chi connectivity index (χ1n) is 11.5. The van der Waals surface area contributed by atoms with Gasteiger partial charge in [-0.1, -0.05) is 20.8 Å². The summed E-state index contributed by atoms with van der Waals surface area (Å²) >= 11 is 1.37. The van der Waals surface area contributed by atoms with Crippen LogP contribution in [0.2, 0.25) is 0 Å². The van der Waals surface area contributed by atoms with Gasteiger partial charge >= 0.3 is 5.97 Å². The van der Waals surface area contributed by atoms with E-state index >= 15 is 0 Å². The van der Waals surface area contributed by atoms with Crippen LogP contribution in [0.3, 0.4) is 0 Å². The minimum absolute atomic E-state index is 0.0585. The summed E-state index contributed by atoms with van der Waals surface area (Å²) < 4.78 is 0. The van der Waals surface area contributed by atoms with Crippen LogP contribution >= 0.6 is 11.8 Å². The molecule has 3 rings (SSSR count). The van der Waals surface area contributed by atoms with E-state index in [0.717, 1.165) is 0 Å². The van der Waals surface area contributed by atoms with E-state index in [1.807, 2.05) is 20.8 Å². The third kappa shape index (κ3) is 6.22. The van der Waals surface area contributed by atoms with Crippen LogP contribution in [0, 0.1) is 17.3 Å². The van der Waals surface area contributed by atoms with Crippen molar-refractivity contribution in [2.24, 2.45) is 17.3 Å². The van der Waals surface area contributed by atoms with Crippen molar-refractivity contribution >= 4 is 47.1 Å². The maximum Gasteiger partial charge on any atom is 0.336 e. The van der Waals surface area contributed by atoms with E-state index in [-0.39, 0.29) is 42.8 Å². The summed E-state index contributed by atoms with van der Waals surface area (Å²) in [6, 6.07) is 0. The predicted octanol–water partition coefficient (Wildman–Crippen LogP) is 2.27. The molecule has 1 saturated carbocycles. The second kappa shape index (κ2) is 10.4. The van der Waals surface area contributed by atoms with Crippen LogP contribution in [0.5, 0.6) is 0 Å². The number of nitrogens with zero attached hydrogens (tertiary/aromatic N) is 2. The molecule has 0 radical (unpaired) electrons. The Morgan fingerprint density at radius 1 is 0.970 bits per heavy atom. The van der Waals surface area contributed by atoms with Gasteiger partial charge in [-0.3, -0.25) is 28.9 Å². The summed E-state index contributed by atoms with van der Waals surface area (Å²) in [5.41, 5.74) is -0.410. The first-order chi connectivity index (χ1) is 15.5. The molecule has 10 heteroatoms. The zero-order valence-electron chi connectivity index (χ0n) is 19.5. The summed E-state index contributed by atoms with van der Waals surface area (Å²) in [7, 11) is 0. The Morgan fingerprint density at radius 3 is 2.15 bits per heavy atom. The first-order valence-corrected chi connectivity index (χ1v) is 12.6. The van der Waals surface area contributed by atoms with Crippen LogP contribution in [0.15, 0.2) is 0 Å². The fraction of sp³-hybridized carbons (Fsp3) is 0.739. The number of carbonyl (C=O) groups excluding carboxylic acids is 6. The molecule has 9 nitrogen and oxygen atoms in total. The lowest BCUT2D eigenvalue weighted by molar-refractivity contribution is -0.201. The van der Waals surface area contributed by atoms with Gasteiger partial charge in [-0.2, -0.15) is 0 Å². The smallest absolute Gasteiger partial charge is 0.330 e. The van der Waals surface area contributed by atoms with E-state index in [2.05, 4.69) is 0 Å². The number of rotatable bonds is 8. The van der Waals surface area contributed by atoms with Crippen molar-refractivity contribution < 1.29 is 33.6 Å². The molecule has 1 unspecified atom stereocenters. The third-order valence-corrected chi connectivity index (χ3v) is 7.71. The number of likely N-dealkylation sites (tertiary alicyclic amines) is 1. The summed E-state index contributed by atoms with van der Waals surface area (Å²) in [4.78, 5) is 79.2. The maximum absolute atomic E-state index is 12.7. The van der Waals surface area contributed by atoms with Gasteiger partial charge in [0.1, 0.15) is 5.78 Å².